The van der Waals surface area contributed by atoms with Crippen LogP contribution in [-0.4, -0.2) is 64.5 Å². The summed E-state index contributed by atoms with van der Waals surface area (Å²) in [4.78, 5) is 24.9. The molecule has 1 amide bonds. The quantitative estimate of drug-likeness (QED) is 0.354. The van der Waals surface area contributed by atoms with E-state index < -0.39 is 60.0 Å². The second kappa shape index (κ2) is 9.69. The first kappa shape index (κ1) is 27.6. The van der Waals surface area contributed by atoms with Gasteiger partial charge in [-0.25, -0.2) is 8.78 Å². The Labute approximate surface area is 216 Å². The van der Waals surface area contributed by atoms with Gasteiger partial charge in [-0.15, -0.1) is 0 Å². The molecule has 0 aromatic carbocycles. The van der Waals surface area contributed by atoms with Crippen molar-refractivity contribution in [1.82, 2.24) is 14.5 Å². The molecule has 8 nitrogen and oxygen atoms in total. The van der Waals surface area contributed by atoms with Gasteiger partial charge in [0, 0.05) is 0 Å². The van der Waals surface area contributed by atoms with Gasteiger partial charge in [0.25, 0.3) is 6.43 Å². The summed E-state index contributed by atoms with van der Waals surface area (Å²) in [6.07, 6.45) is -6.16. The standard InChI is InChI=1S/C22H18BClF6N6O2/c1-20(22(28,29)30)19(31)35-21(23-2,9-38-20)17-11(25)3-4-15(33-17)34-18(37)16-10(24)7-13-12(32-16)5-6-36(13)8-14(26)27/h3-7,14H,2,8-9H2,1H3,(H2,31,35)(H,33,34,37). The van der Waals surface area contributed by atoms with Crippen LogP contribution in [0.25, 0.3) is 11.0 Å². The number of nitrogens with two attached hydrogens (primary N) is 1. The third-order valence-corrected chi connectivity index (χ3v) is 6.31. The van der Waals surface area contributed by atoms with Crippen molar-refractivity contribution in [3.63, 3.8) is 0 Å². The molecule has 3 aromatic heterocycles. The van der Waals surface area contributed by atoms with E-state index in [1.54, 1.807) is 0 Å². The van der Waals surface area contributed by atoms with E-state index in [9.17, 15) is 31.1 Å². The van der Waals surface area contributed by atoms with Gasteiger partial charge in [0.05, 0.1) is 0 Å². The minimum atomic E-state index is -4.90. The molecule has 0 fully saturated rings. The number of carbonyl (C=O) groups is 1. The summed E-state index contributed by atoms with van der Waals surface area (Å²) in [5, 5.41) is 2.22. The number of halogens is 7. The van der Waals surface area contributed by atoms with Crippen molar-refractivity contribution >= 4 is 53.6 Å². The number of aliphatic imine (C=N–C) groups is 1. The third kappa shape index (κ3) is 4.75. The van der Waals surface area contributed by atoms with Crippen molar-refractivity contribution in [2.75, 3.05) is 11.9 Å². The van der Waals surface area contributed by atoms with Gasteiger partial charge in [0.1, 0.15) is 0 Å². The Morgan fingerprint density at radius 3 is 2.66 bits per heavy atom. The van der Waals surface area contributed by atoms with Crippen LogP contribution < -0.4 is 11.1 Å². The first-order valence-corrected chi connectivity index (χ1v) is 11.2. The SMILES string of the molecule is C=BC1(c2nc(NC(=O)c3nc4ccn(CC(F)F)c4cc3Cl)ccc2F)COC(C)(C(F)(F)F)C(N)=N1. The summed E-state index contributed by atoms with van der Waals surface area (Å²) in [7, 11) is 0. The molecule has 38 heavy (non-hydrogen) atoms. The van der Waals surface area contributed by atoms with E-state index in [0.29, 0.717) is 6.92 Å². The van der Waals surface area contributed by atoms with Gasteiger partial charge < -0.3 is 0 Å². The Kier molecular flexibility index (Phi) is 7.03. The average molecular weight is 559 g/mol. The summed E-state index contributed by atoms with van der Waals surface area (Å²) >= 11 is 6.17. The van der Waals surface area contributed by atoms with Gasteiger partial charge in [-0.2, -0.15) is 0 Å². The molecule has 4 heterocycles. The monoisotopic (exact) mass is 558 g/mol. The van der Waals surface area contributed by atoms with Gasteiger partial charge in [-0.3, -0.25) is 0 Å². The van der Waals surface area contributed by atoms with Crippen LogP contribution >= 0.6 is 11.6 Å². The molecule has 0 radical (unpaired) electrons. The molecule has 0 saturated heterocycles. The number of rotatable bonds is 6. The normalized spacial score (nSPS) is 21.9. The van der Waals surface area contributed by atoms with Crippen molar-refractivity contribution in [3.05, 3.63) is 52.7 Å². The number of alkyl halides is 5. The fourth-order valence-corrected chi connectivity index (χ4v) is 4.01. The van der Waals surface area contributed by atoms with Crippen molar-refractivity contribution in [3.8, 4) is 0 Å². The number of hydrogen-bond acceptors (Lipinski definition) is 6. The van der Waals surface area contributed by atoms with Gasteiger partial charge in [0.15, 0.2) is 0 Å². The zero-order valence-corrected chi connectivity index (χ0v) is 20.2. The van der Waals surface area contributed by atoms with E-state index >= 15 is 0 Å². The average Bonchev–Trinajstić information content (AvgIpc) is 3.21. The van der Waals surface area contributed by atoms with Crippen molar-refractivity contribution in [2.24, 2.45) is 10.7 Å². The topological polar surface area (TPSA) is 107 Å². The molecule has 4 rings (SSSR count). The van der Waals surface area contributed by atoms with Gasteiger partial charge in [-0.05, 0) is 0 Å². The van der Waals surface area contributed by atoms with Gasteiger partial charge in [-0.1, -0.05) is 0 Å². The fraction of sp³-hybridized carbons (Fsp3) is 0.318. The number of amidine groups is 1. The molecular formula is C22H18BClF6N6O2. The van der Waals surface area contributed by atoms with E-state index in [0.717, 1.165) is 19.1 Å². The maximum atomic E-state index is 14.8. The van der Waals surface area contributed by atoms with Crippen LogP contribution in [0.15, 0.2) is 35.5 Å². The van der Waals surface area contributed by atoms with Crippen molar-refractivity contribution in [1.29, 1.82) is 0 Å². The number of nitrogens with zero attached hydrogens (tertiary/aromatic N) is 4. The molecule has 1 aliphatic rings. The Hall–Kier alpha value is -3.46. The number of carbonyl (C=O) groups excluding carboxylic acids is 1. The molecule has 3 aromatic rings. The van der Waals surface area contributed by atoms with Crippen LogP contribution in [0.4, 0.5) is 32.2 Å². The van der Waals surface area contributed by atoms with E-state index in [-0.39, 0.29) is 27.6 Å². The second-order valence-corrected chi connectivity index (χ2v) is 8.92. The molecule has 0 saturated carbocycles. The van der Waals surface area contributed by atoms with E-state index in [1.807, 2.05) is 0 Å². The number of ether oxygens (including phenoxy) is 1. The molecule has 1 aliphatic heterocycles. The first-order chi connectivity index (χ1) is 17.7. The summed E-state index contributed by atoms with van der Waals surface area (Å²) in [6, 6.07) is 4.73. The van der Waals surface area contributed by atoms with Crippen LogP contribution in [0.5, 0.6) is 0 Å². The van der Waals surface area contributed by atoms with Crippen molar-refractivity contribution in [2.45, 2.75) is 37.1 Å². The predicted molar refractivity (Wildman–Crippen MR) is 129 cm³/mol. The van der Waals surface area contributed by atoms with Crippen LogP contribution in [0.1, 0.15) is 23.1 Å². The summed E-state index contributed by atoms with van der Waals surface area (Å²) in [6.45, 7) is 3.85. The van der Waals surface area contributed by atoms with Crippen LogP contribution in [0, 0.1) is 5.82 Å². The fourth-order valence-electron chi connectivity index (χ4n) is 3.78. The Bertz CT molecular complexity index is 1460. The van der Waals surface area contributed by atoms with E-state index in [1.165, 1.54) is 22.9 Å². The van der Waals surface area contributed by atoms with Crippen LogP contribution in [0.2, 0.25) is 5.02 Å². The molecule has 3 N–H and O–H groups in total. The zero-order valence-electron chi connectivity index (χ0n) is 19.5. The third-order valence-electron chi connectivity index (χ3n) is 6.02. The zero-order chi connectivity index (χ0) is 28.0. The molecule has 0 spiro atoms. The molecule has 0 bridgehead atoms. The van der Waals surface area contributed by atoms with Crippen LogP contribution in [-0.2, 0) is 16.7 Å². The first-order valence-electron chi connectivity index (χ1n) is 10.8. The minimum absolute atomic E-state index is 0.154. The molecular weight excluding hydrogens is 541 g/mol. The molecule has 2 unspecified atom stereocenters. The number of nitrogens with one attached hydrogen (secondary N) is 1. The van der Waals surface area contributed by atoms with Crippen LogP contribution in [0.3, 0.4) is 0 Å². The summed E-state index contributed by atoms with van der Waals surface area (Å²) < 4.78 is 87.0. The van der Waals surface area contributed by atoms with Crippen molar-refractivity contribution < 1.29 is 35.9 Å². The molecule has 0 aliphatic carbocycles. The number of amides is 1. The summed E-state index contributed by atoms with van der Waals surface area (Å²) in [5.41, 5.74) is 0.479. The maximum absolute atomic E-state index is 14.8. The van der Waals surface area contributed by atoms with Gasteiger partial charge in [0.2, 0.25) is 0 Å². The molecule has 16 heteroatoms. The second-order valence-electron chi connectivity index (χ2n) is 8.51. The Morgan fingerprint density at radius 1 is 1.34 bits per heavy atom. The number of pyridine rings is 2. The number of hydrogen-bond donors (Lipinski definition) is 2. The Balaban J connectivity index is 1.66. The number of aromatic nitrogens is 3. The summed E-state index contributed by atoms with van der Waals surface area (Å²) in [5.74, 6) is -3.03. The van der Waals surface area contributed by atoms with Gasteiger partial charge >= 0.3 is 201 Å². The molecule has 2 atom stereocenters. The number of fused-ring (bicyclic) bond motifs is 1. The number of anilines is 1. The van der Waals surface area contributed by atoms with E-state index in [2.05, 4.69) is 26.7 Å². The molecule has 200 valence electrons. The Morgan fingerprint density at radius 2 is 2.05 bits per heavy atom. The van der Waals surface area contributed by atoms with E-state index in [4.69, 9.17) is 22.1 Å². The predicted octanol–water partition coefficient (Wildman–Crippen LogP) is 3.74.